The molecule has 12 nitrogen and oxygen atoms in total. The van der Waals surface area contributed by atoms with Gasteiger partial charge in [0, 0.05) is 42.5 Å². The zero-order valence-electron chi connectivity index (χ0n) is 22.4. The Kier molecular flexibility index (Phi) is 5.63. The van der Waals surface area contributed by atoms with Gasteiger partial charge in [0.15, 0.2) is 21.3 Å². The number of carbonyl (C=O) groups is 2. The fourth-order valence-corrected chi connectivity index (χ4v) is 4.70. The number of amides is 2. The number of carbonyl (C=O) groups excluding carboxylic acids is 2. The van der Waals surface area contributed by atoms with Crippen molar-refractivity contribution in [3.63, 3.8) is 0 Å². The molecule has 0 aliphatic heterocycles. The quantitative estimate of drug-likeness (QED) is 0.430. The second-order valence-electron chi connectivity index (χ2n) is 8.85. The van der Waals surface area contributed by atoms with Crippen molar-refractivity contribution in [3.05, 3.63) is 24.0 Å². The fourth-order valence-electron chi connectivity index (χ4n) is 3.92. The molecule has 0 bridgehead atoms. The van der Waals surface area contributed by atoms with Crippen LogP contribution < -0.4 is 20.7 Å². The molecule has 188 valence electrons. The highest BCUT2D eigenvalue weighted by Gasteiger charge is 2.65. The molecule has 4 rings (SSSR count). The van der Waals surface area contributed by atoms with Crippen LogP contribution in [-0.4, -0.2) is 68.5 Å². The third kappa shape index (κ3) is 5.51. The van der Waals surface area contributed by atoms with Gasteiger partial charge in [-0.3, -0.25) is 9.59 Å². The highest BCUT2D eigenvalue weighted by Crippen LogP contribution is 2.70. The number of pyridine rings is 1. The number of aromatic nitrogens is 3. The molecule has 2 aromatic heterocycles. The minimum atomic E-state index is -3.86. The van der Waals surface area contributed by atoms with E-state index in [0.717, 1.165) is 25.5 Å². The van der Waals surface area contributed by atoms with Gasteiger partial charge in [-0.1, -0.05) is 0 Å². The lowest BCUT2D eigenvalue weighted by Crippen LogP contribution is -2.23. The second kappa shape index (κ2) is 9.38. The molecule has 1 spiro atoms. The number of methoxy groups -OCH3 is 1. The van der Waals surface area contributed by atoms with Gasteiger partial charge in [-0.15, -0.1) is 10.2 Å². The molecular formula is C22H28N6O6S. The van der Waals surface area contributed by atoms with Gasteiger partial charge in [0.25, 0.3) is 5.91 Å². The molecular weight excluding hydrogens is 476 g/mol. The van der Waals surface area contributed by atoms with Crippen LogP contribution in [0.2, 0.25) is 0 Å². The van der Waals surface area contributed by atoms with Crippen molar-refractivity contribution in [1.82, 2.24) is 20.5 Å². The summed E-state index contributed by atoms with van der Waals surface area (Å²) in [6, 6.07) is 2.53. The van der Waals surface area contributed by atoms with Gasteiger partial charge in [0.2, 0.25) is 5.91 Å². The van der Waals surface area contributed by atoms with Crippen LogP contribution in [0.5, 0.6) is 5.75 Å². The van der Waals surface area contributed by atoms with Gasteiger partial charge in [-0.25, -0.2) is 13.4 Å². The van der Waals surface area contributed by atoms with E-state index in [9.17, 15) is 18.0 Å². The first-order valence-corrected chi connectivity index (χ1v) is 12.7. The number of rotatable bonds is 10. The average Bonchev–Trinajstić information content (AvgIpc) is 3.72. The molecule has 2 amide bonds. The molecule has 2 fully saturated rings. The molecule has 35 heavy (non-hydrogen) atoms. The second-order valence-corrected chi connectivity index (χ2v) is 10.8. The standard InChI is InChI=1S/C22H28N6O6S/c1-12(11-33-3)34-13-7-16(35(4,31)32)19(24-10-13)25-15-8-17(27-28-18(15)21(30)23-2)26-20(29)14-9-22(14)5-6-22/h7-8,10,12,14H,5-6,9,11H2,1-4H3,(H,23,30)(H2,24,25,26,27,29)/t12-,14-/m1/s1/i2D3. The van der Waals surface area contributed by atoms with Crippen molar-refractivity contribution < 1.29 is 31.6 Å². The normalized spacial score (nSPS) is 20.1. The maximum atomic E-state index is 12.7. The predicted octanol–water partition coefficient (Wildman–Crippen LogP) is 1.53. The van der Waals surface area contributed by atoms with Gasteiger partial charge >= 0.3 is 0 Å². The van der Waals surface area contributed by atoms with E-state index >= 15 is 0 Å². The lowest BCUT2D eigenvalue weighted by atomic mass is 10.2. The molecule has 0 unspecified atom stereocenters. The van der Waals surface area contributed by atoms with Crippen molar-refractivity contribution in [1.29, 1.82) is 0 Å². The Balaban J connectivity index is 1.67. The molecule has 0 radical (unpaired) electrons. The molecule has 2 aliphatic carbocycles. The maximum absolute atomic E-state index is 12.7. The van der Waals surface area contributed by atoms with Crippen molar-refractivity contribution in [3.8, 4) is 5.75 Å². The van der Waals surface area contributed by atoms with Crippen molar-refractivity contribution in [2.75, 3.05) is 37.6 Å². The number of nitrogens with one attached hydrogen (secondary N) is 3. The monoisotopic (exact) mass is 507 g/mol. The summed E-state index contributed by atoms with van der Waals surface area (Å²) in [4.78, 5) is 29.2. The Hall–Kier alpha value is -3.32. The minimum absolute atomic E-state index is 0.000108. The molecule has 0 saturated heterocycles. The highest BCUT2D eigenvalue weighted by atomic mass is 32.2. The van der Waals surface area contributed by atoms with Crippen molar-refractivity contribution in [2.45, 2.75) is 37.2 Å². The molecule has 2 heterocycles. The van der Waals surface area contributed by atoms with Crippen LogP contribution in [0, 0.1) is 11.3 Å². The van der Waals surface area contributed by atoms with Crippen LogP contribution in [-0.2, 0) is 19.4 Å². The van der Waals surface area contributed by atoms with Crippen LogP contribution in [0.25, 0.3) is 0 Å². The van der Waals surface area contributed by atoms with Crippen molar-refractivity contribution >= 4 is 39.0 Å². The molecule has 2 aliphatic rings. The largest absolute Gasteiger partial charge is 0.487 e. The summed E-state index contributed by atoms with van der Waals surface area (Å²) in [7, 11) is -2.36. The zero-order chi connectivity index (χ0) is 27.9. The van der Waals surface area contributed by atoms with Crippen LogP contribution in [0.4, 0.5) is 17.3 Å². The maximum Gasteiger partial charge on any atom is 0.273 e. The molecule has 2 saturated carbocycles. The predicted molar refractivity (Wildman–Crippen MR) is 126 cm³/mol. The summed E-state index contributed by atoms with van der Waals surface area (Å²) in [5.41, 5.74) is -0.468. The number of anilines is 3. The Morgan fingerprint density at radius 1 is 1.31 bits per heavy atom. The number of ether oxygens (including phenoxy) is 2. The van der Waals surface area contributed by atoms with Crippen LogP contribution >= 0.6 is 0 Å². The Bertz CT molecular complexity index is 1370. The minimum Gasteiger partial charge on any atom is -0.487 e. The van der Waals surface area contributed by atoms with E-state index in [-0.39, 0.29) is 57.9 Å². The number of hydrogen-bond acceptors (Lipinski definition) is 10. The van der Waals surface area contributed by atoms with Gasteiger partial charge in [0.1, 0.15) is 22.6 Å². The molecule has 3 N–H and O–H groups in total. The molecule has 2 atom stereocenters. The zero-order valence-corrected chi connectivity index (χ0v) is 20.2. The van der Waals surface area contributed by atoms with Gasteiger partial charge in [-0.05, 0) is 31.6 Å². The van der Waals surface area contributed by atoms with Crippen LogP contribution in [0.15, 0.2) is 23.2 Å². The third-order valence-electron chi connectivity index (χ3n) is 5.99. The lowest BCUT2D eigenvalue weighted by Gasteiger charge is -2.17. The van der Waals surface area contributed by atoms with E-state index in [2.05, 4.69) is 25.8 Å². The third-order valence-corrected chi connectivity index (χ3v) is 7.10. The van der Waals surface area contributed by atoms with E-state index in [0.29, 0.717) is 0 Å². The highest BCUT2D eigenvalue weighted by molar-refractivity contribution is 7.90. The Morgan fingerprint density at radius 2 is 2.09 bits per heavy atom. The molecule has 0 aromatic carbocycles. The Morgan fingerprint density at radius 3 is 2.71 bits per heavy atom. The van der Waals surface area contributed by atoms with Gasteiger partial charge in [-0.2, -0.15) is 0 Å². The van der Waals surface area contributed by atoms with E-state index in [1.54, 1.807) is 6.92 Å². The van der Waals surface area contributed by atoms with Gasteiger partial charge < -0.3 is 25.4 Å². The fraction of sp³-hybridized carbons (Fsp3) is 0.500. The van der Waals surface area contributed by atoms with E-state index < -0.39 is 28.4 Å². The summed E-state index contributed by atoms with van der Waals surface area (Å²) in [5, 5.41) is 14.9. The lowest BCUT2D eigenvalue weighted by molar-refractivity contribution is -0.117. The smallest absolute Gasteiger partial charge is 0.273 e. The molecule has 2 aromatic rings. The number of sulfone groups is 1. The van der Waals surface area contributed by atoms with Crippen LogP contribution in [0.1, 0.15) is 40.8 Å². The van der Waals surface area contributed by atoms with Gasteiger partial charge in [0.05, 0.1) is 18.5 Å². The first kappa shape index (κ1) is 21.0. The van der Waals surface area contributed by atoms with Crippen molar-refractivity contribution in [2.24, 2.45) is 11.3 Å². The summed E-state index contributed by atoms with van der Waals surface area (Å²) >= 11 is 0. The topological polar surface area (TPSA) is 162 Å². The first-order valence-electron chi connectivity index (χ1n) is 12.3. The van der Waals surface area contributed by atoms with E-state index in [4.69, 9.17) is 13.6 Å². The summed E-state index contributed by atoms with van der Waals surface area (Å²) in [5.74, 6) is -1.45. The summed E-state index contributed by atoms with van der Waals surface area (Å²) in [6.07, 6.45) is 4.67. The SMILES string of the molecule is [2H]C([2H])([2H])NC(=O)c1nnc(NC(=O)[C@H]2CC23CC3)cc1Nc1ncc(O[C@H](C)COC)cc1S(C)(=O)=O. The first-order chi connectivity index (χ1) is 17.7. The molecule has 13 heteroatoms. The summed E-state index contributed by atoms with van der Waals surface area (Å²) < 4.78 is 57.8. The van der Waals surface area contributed by atoms with Crippen LogP contribution in [0.3, 0.4) is 0 Å². The summed E-state index contributed by atoms with van der Waals surface area (Å²) in [6.45, 7) is -0.826. The van der Waals surface area contributed by atoms with E-state index in [1.807, 2.05) is 5.32 Å². The average molecular weight is 508 g/mol. The number of nitrogens with zero attached hydrogens (tertiary/aromatic N) is 3. The Labute approximate surface area is 207 Å². The van der Waals surface area contributed by atoms with E-state index in [1.165, 1.54) is 25.4 Å². The number of hydrogen-bond donors (Lipinski definition) is 3.